The van der Waals surface area contributed by atoms with Crippen LogP contribution in [0.2, 0.25) is 0 Å². The molecule has 0 aliphatic carbocycles. The lowest BCUT2D eigenvalue weighted by Gasteiger charge is -2.00. The first kappa shape index (κ1) is 8.67. The number of ether oxygens (including phenoxy) is 1. The Balaban J connectivity index is 2.09. The summed E-state index contributed by atoms with van der Waals surface area (Å²) >= 11 is 0. The van der Waals surface area contributed by atoms with Crippen molar-refractivity contribution in [2.75, 3.05) is 18.9 Å². The van der Waals surface area contributed by atoms with Crippen molar-refractivity contribution >= 4 is 11.5 Å². The molecule has 3 rings (SSSR count). The Hall–Kier alpha value is -1.62. The fraction of sp³-hybridized carbons (Fsp3) is 0.400. The first-order valence-corrected chi connectivity index (χ1v) is 5.02. The number of rotatable bonds is 1. The van der Waals surface area contributed by atoms with Crippen molar-refractivity contribution in [3.05, 3.63) is 24.0 Å². The summed E-state index contributed by atoms with van der Waals surface area (Å²) in [4.78, 5) is 4.21. The second-order valence-electron chi connectivity index (χ2n) is 3.77. The predicted molar refractivity (Wildman–Crippen MR) is 55.6 cm³/mol. The number of hydrogen-bond donors (Lipinski definition) is 1. The standard InChI is InChI=1S/C10H12N4O/c11-9-1-3-12-10-5-8(13-14(9)10)7-2-4-15-6-7/h1,3,5,7H,2,4,6,11H2. The van der Waals surface area contributed by atoms with Gasteiger partial charge in [0.1, 0.15) is 5.82 Å². The highest BCUT2D eigenvalue weighted by atomic mass is 16.5. The average molecular weight is 204 g/mol. The first-order valence-electron chi connectivity index (χ1n) is 5.02. The summed E-state index contributed by atoms with van der Waals surface area (Å²) in [6, 6.07) is 3.73. The van der Waals surface area contributed by atoms with Crippen LogP contribution in [0.5, 0.6) is 0 Å². The second kappa shape index (κ2) is 3.20. The normalized spacial score (nSPS) is 21.2. The lowest BCUT2D eigenvalue weighted by molar-refractivity contribution is 0.193. The van der Waals surface area contributed by atoms with E-state index in [-0.39, 0.29) is 0 Å². The van der Waals surface area contributed by atoms with Gasteiger partial charge in [-0.15, -0.1) is 0 Å². The molecule has 2 aromatic heterocycles. The van der Waals surface area contributed by atoms with Crippen LogP contribution in [0.15, 0.2) is 18.3 Å². The maximum atomic E-state index is 5.80. The number of fused-ring (bicyclic) bond motifs is 1. The molecule has 1 saturated heterocycles. The van der Waals surface area contributed by atoms with Crippen molar-refractivity contribution < 1.29 is 4.74 Å². The zero-order valence-corrected chi connectivity index (χ0v) is 8.26. The van der Waals surface area contributed by atoms with Crippen molar-refractivity contribution in [1.82, 2.24) is 14.6 Å². The van der Waals surface area contributed by atoms with Crippen molar-refractivity contribution in [3.8, 4) is 0 Å². The van der Waals surface area contributed by atoms with Crippen molar-refractivity contribution in [1.29, 1.82) is 0 Å². The van der Waals surface area contributed by atoms with E-state index in [1.807, 2.05) is 6.07 Å². The fourth-order valence-electron chi connectivity index (χ4n) is 1.90. The zero-order valence-electron chi connectivity index (χ0n) is 8.26. The van der Waals surface area contributed by atoms with Gasteiger partial charge >= 0.3 is 0 Å². The molecule has 0 aromatic carbocycles. The first-order chi connectivity index (χ1) is 7.34. The average Bonchev–Trinajstić information content (AvgIpc) is 2.86. The Morgan fingerprint density at radius 3 is 3.20 bits per heavy atom. The van der Waals surface area contributed by atoms with E-state index < -0.39 is 0 Å². The minimum Gasteiger partial charge on any atom is -0.384 e. The molecule has 2 N–H and O–H groups in total. The smallest absolute Gasteiger partial charge is 0.157 e. The summed E-state index contributed by atoms with van der Waals surface area (Å²) in [6.45, 7) is 1.57. The third-order valence-electron chi connectivity index (χ3n) is 2.75. The summed E-state index contributed by atoms with van der Waals surface area (Å²) in [5, 5.41) is 4.44. The van der Waals surface area contributed by atoms with Gasteiger partial charge in [0.05, 0.1) is 12.3 Å². The fourth-order valence-corrected chi connectivity index (χ4v) is 1.90. The van der Waals surface area contributed by atoms with Crippen LogP contribution in [0.1, 0.15) is 18.0 Å². The van der Waals surface area contributed by atoms with Crippen LogP contribution in [0.3, 0.4) is 0 Å². The van der Waals surface area contributed by atoms with Crippen LogP contribution < -0.4 is 5.73 Å². The Morgan fingerprint density at radius 2 is 2.47 bits per heavy atom. The molecule has 1 atom stereocenters. The quantitative estimate of drug-likeness (QED) is 0.746. The maximum absolute atomic E-state index is 5.80. The van der Waals surface area contributed by atoms with Crippen molar-refractivity contribution in [3.63, 3.8) is 0 Å². The SMILES string of the molecule is Nc1ccnc2cc(C3CCOC3)nn12. The number of nitrogens with zero attached hydrogens (tertiary/aromatic N) is 3. The van der Waals surface area contributed by atoms with E-state index in [2.05, 4.69) is 10.1 Å². The molecule has 0 amide bonds. The molecule has 1 aliphatic rings. The van der Waals surface area contributed by atoms with E-state index in [9.17, 15) is 0 Å². The third-order valence-corrected chi connectivity index (χ3v) is 2.75. The van der Waals surface area contributed by atoms with Crippen LogP contribution in [-0.4, -0.2) is 27.8 Å². The van der Waals surface area contributed by atoms with Gasteiger partial charge in [0.15, 0.2) is 5.65 Å². The highest BCUT2D eigenvalue weighted by Crippen LogP contribution is 2.24. The van der Waals surface area contributed by atoms with Crippen LogP contribution in [0.4, 0.5) is 5.82 Å². The largest absolute Gasteiger partial charge is 0.384 e. The molecular formula is C10H12N4O. The zero-order chi connectivity index (χ0) is 10.3. The Labute approximate surface area is 86.9 Å². The summed E-state index contributed by atoms with van der Waals surface area (Å²) in [7, 11) is 0. The highest BCUT2D eigenvalue weighted by Gasteiger charge is 2.21. The number of nitrogens with two attached hydrogens (primary N) is 1. The van der Waals surface area contributed by atoms with E-state index in [0.717, 1.165) is 31.0 Å². The molecule has 5 nitrogen and oxygen atoms in total. The molecule has 3 heterocycles. The number of nitrogen functional groups attached to an aromatic ring is 1. The highest BCUT2D eigenvalue weighted by molar-refractivity contribution is 5.46. The summed E-state index contributed by atoms with van der Waals surface area (Å²) in [5.41, 5.74) is 7.63. The van der Waals surface area contributed by atoms with Gasteiger partial charge in [-0.25, -0.2) is 4.98 Å². The monoisotopic (exact) mass is 204 g/mol. The molecule has 15 heavy (non-hydrogen) atoms. The summed E-state index contributed by atoms with van der Waals surface area (Å²) in [5.74, 6) is 1.01. The molecule has 0 spiro atoms. The van der Waals surface area contributed by atoms with Gasteiger partial charge in [-0.05, 0) is 12.5 Å². The van der Waals surface area contributed by atoms with Crippen molar-refractivity contribution in [2.24, 2.45) is 0 Å². The molecule has 0 saturated carbocycles. The van der Waals surface area contributed by atoms with Gasteiger partial charge < -0.3 is 10.5 Å². The Morgan fingerprint density at radius 1 is 1.53 bits per heavy atom. The molecule has 78 valence electrons. The van der Waals surface area contributed by atoms with E-state index in [0.29, 0.717) is 11.7 Å². The summed E-state index contributed by atoms with van der Waals surface area (Å²) in [6.07, 6.45) is 2.73. The third kappa shape index (κ3) is 1.35. The van der Waals surface area contributed by atoms with Gasteiger partial charge in [0.2, 0.25) is 0 Å². The van der Waals surface area contributed by atoms with Gasteiger partial charge in [-0.2, -0.15) is 9.61 Å². The molecule has 2 aromatic rings. The topological polar surface area (TPSA) is 65.4 Å². The van der Waals surface area contributed by atoms with Crippen LogP contribution in [0, 0.1) is 0 Å². The summed E-state index contributed by atoms with van der Waals surface area (Å²) < 4.78 is 7.01. The number of aromatic nitrogens is 3. The minimum absolute atomic E-state index is 0.395. The lowest BCUT2D eigenvalue weighted by Crippen LogP contribution is -2.01. The van der Waals surface area contributed by atoms with Gasteiger partial charge in [-0.3, -0.25) is 0 Å². The molecule has 1 unspecified atom stereocenters. The number of anilines is 1. The van der Waals surface area contributed by atoms with Crippen molar-refractivity contribution in [2.45, 2.75) is 12.3 Å². The molecule has 0 bridgehead atoms. The molecule has 1 fully saturated rings. The van der Waals surface area contributed by atoms with E-state index in [1.54, 1.807) is 16.8 Å². The minimum atomic E-state index is 0.395. The molecule has 1 aliphatic heterocycles. The van der Waals surface area contributed by atoms with Gasteiger partial charge in [0.25, 0.3) is 0 Å². The maximum Gasteiger partial charge on any atom is 0.157 e. The van der Waals surface area contributed by atoms with E-state index >= 15 is 0 Å². The molecule has 0 radical (unpaired) electrons. The Kier molecular flexibility index (Phi) is 1.85. The lowest BCUT2D eigenvalue weighted by atomic mass is 10.1. The Bertz CT molecular complexity index is 487. The van der Waals surface area contributed by atoms with Gasteiger partial charge in [-0.1, -0.05) is 0 Å². The van der Waals surface area contributed by atoms with Crippen LogP contribution in [0.25, 0.3) is 5.65 Å². The molecular weight excluding hydrogens is 192 g/mol. The second-order valence-corrected chi connectivity index (χ2v) is 3.77. The molecule has 5 heteroatoms. The predicted octanol–water partition coefficient (Wildman–Crippen LogP) is 0.815. The van der Waals surface area contributed by atoms with Crippen LogP contribution in [-0.2, 0) is 4.74 Å². The van der Waals surface area contributed by atoms with E-state index in [1.165, 1.54) is 0 Å². The van der Waals surface area contributed by atoms with Gasteiger partial charge in [0, 0.05) is 24.8 Å². The van der Waals surface area contributed by atoms with Crippen LogP contribution >= 0.6 is 0 Å². The number of hydrogen-bond acceptors (Lipinski definition) is 4. The van der Waals surface area contributed by atoms with E-state index in [4.69, 9.17) is 10.5 Å².